The van der Waals surface area contributed by atoms with Gasteiger partial charge in [-0.1, -0.05) is 56.1 Å². The Bertz CT molecular complexity index is 752. The van der Waals surface area contributed by atoms with E-state index in [2.05, 4.69) is 22.2 Å². The first-order valence-electron chi connectivity index (χ1n) is 8.57. The summed E-state index contributed by atoms with van der Waals surface area (Å²) in [7, 11) is 0. The SMILES string of the molecule is CCCCCC(C)NC(=O)CSc1nc(C(F)(F)F)nc2ccccc12. The first-order chi connectivity index (χ1) is 12.3. The molecule has 0 radical (unpaired) electrons. The van der Waals surface area contributed by atoms with E-state index in [0.717, 1.165) is 37.4 Å². The number of halogens is 3. The molecule has 0 aliphatic rings. The van der Waals surface area contributed by atoms with Crippen molar-refractivity contribution in [2.75, 3.05) is 5.75 Å². The lowest BCUT2D eigenvalue weighted by atomic mass is 10.1. The summed E-state index contributed by atoms with van der Waals surface area (Å²) in [4.78, 5) is 19.3. The number of thioether (sulfide) groups is 1. The van der Waals surface area contributed by atoms with Gasteiger partial charge in [-0.2, -0.15) is 13.2 Å². The van der Waals surface area contributed by atoms with Gasteiger partial charge in [0.05, 0.1) is 11.3 Å². The number of benzene rings is 1. The highest BCUT2D eigenvalue weighted by molar-refractivity contribution is 8.00. The number of carbonyl (C=O) groups is 1. The van der Waals surface area contributed by atoms with Crippen molar-refractivity contribution in [3.63, 3.8) is 0 Å². The summed E-state index contributed by atoms with van der Waals surface area (Å²) in [5, 5.41) is 3.55. The first-order valence-corrected chi connectivity index (χ1v) is 9.56. The Kier molecular flexibility index (Phi) is 7.25. The Morgan fingerprint density at radius 1 is 1.23 bits per heavy atom. The number of aromatic nitrogens is 2. The molecule has 0 bridgehead atoms. The lowest BCUT2D eigenvalue weighted by molar-refractivity contribution is -0.145. The average molecular weight is 385 g/mol. The molecular weight excluding hydrogens is 363 g/mol. The molecule has 1 atom stereocenters. The largest absolute Gasteiger partial charge is 0.451 e. The third-order valence-corrected chi connectivity index (χ3v) is 4.80. The van der Waals surface area contributed by atoms with Crippen LogP contribution in [0.2, 0.25) is 0 Å². The Balaban J connectivity index is 2.06. The normalized spacial score (nSPS) is 13.0. The van der Waals surface area contributed by atoms with Gasteiger partial charge in [0, 0.05) is 11.4 Å². The summed E-state index contributed by atoms with van der Waals surface area (Å²) >= 11 is 0.995. The van der Waals surface area contributed by atoms with Gasteiger partial charge >= 0.3 is 6.18 Å². The van der Waals surface area contributed by atoms with E-state index in [-0.39, 0.29) is 28.2 Å². The van der Waals surface area contributed by atoms with Crippen LogP contribution in [0.15, 0.2) is 29.3 Å². The fraction of sp³-hybridized carbons (Fsp3) is 0.500. The van der Waals surface area contributed by atoms with E-state index in [1.807, 2.05) is 6.92 Å². The van der Waals surface area contributed by atoms with Gasteiger partial charge in [0.2, 0.25) is 11.7 Å². The number of nitrogens with zero attached hydrogens (tertiary/aromatic N) is 2. The van der Waals surface area contributed by atoms with Gasteiger partial charge in [-0.3, -0.25) is 4.79 Å². The molecule has 1 amide bonds. The molecule has 8 heteroatoms. The van der Waals surface area contributed by atoms with Crippen molar-refractivity contribution in [3.8, 4) is 0 Å². The number of hydrogen-bond acceptors (Lipinski definition) is 4. The number of amides is 1. The van der Waals surface area contributed by atoms with Gasteiger partial charge in [0.15, 0.2) is 0 Å². The molecule has 0 saturated heterocycles. The van der Waals surface area contributed by atoms with Crippen molar-refractivity contribution in [2.45, 2.75) is 56.8 Å². The van der Waals surface area contributed by atoms with Gasteiger partial charge < -0.3 is 5.32 Å². The van der Waals surface area contributed by atoms with E-state index in [9.17, 15) is 18.0 Å². The van der Waals surface area contributed by atoms with Crippen molar-refractivity contribution in [2.24, 2.45) is 0 Å². The van der Waals surface area contributed by atoms with Crippen LogP contribution in [0.4, 0.5) is 13.2 Å². The summed E-state index contributed by atoms with van der Waals surface area (Å²) in [5.74, 6) is -1.39. The molecule has 0 fully saturated rings. The van der Waals surface area contributed by atoms with Gasteiger partial charge in [-0.05, 0) is 19.4 Å². The summed E-state index contributed by atoms with van der Waals surface area (Å²) < 4.78 is 39.0. The van der Waals surface area contributed by atoms with Gasteiger partial charge in [-0.15, -0.1) is 0 Å². The Hall–Kier alpha value is -1.83. The molecule has 2 aromatic rings. The van der Waals surface area contributed by atoms with E-state index in [0.29, 0.717) is 5.39 Å². The lowest BCUT2D eigenvalue weighted by Crippen LogP contribution is -2.33. The minimum Gasteiger partial charge on any atom is -0.353 e. The highest BCUT2D eigenvalue weighted by atomic mass is 32.2. The van der Waals surface area contributed by atoms with Gasteiger partial charge in [-0.25, -0.2) is 9.97 Å². The van der Waals surface area contributed by atoms with Crippen LogP contribution >= 0.6 is 11.8 Å². The second-order valence-corrected chi connectivity index (χ2v) is 7.08. The van der Waals surface area contributed by atoms with Gasteiger partial charge in [0.1, 0.15) is 5.03 Å². The number of fused-ring (bicyclic) bond motifs is 1. The van der Waals surface area contributed by atoms with E-state index >= 15 is 0 Å². The third kappa shape index (κ3) is 5.86. The van der Waals surface area contributed by atoms with Crippen molar-refractivity contribution < 1.29 is 18.0 Å². The highest BCUT2D eigenvalue weighted by Gasteiger charge is 2.35. The minimum atomic E-state index is -4.63. The molecule has 1 aromatic heterocycles. The first kappa shape index (κ1) is 20.5. The average Bonchev–Trinajstić information content (AvgIpc) is 2.58. The molecule has 0 aliphatic heterocycles. The molecule has 0 spiro atoms. The second-order valence-electron chi connectivity index (χ2n) is 6.12. The molecule has 0 aliphatic carbocycles. The quantitative estimate of drug-likeness (QED) is 0.402. The van der Waals surface area contributed by atoms with Crippen LogP contribution in [0.5, 0.6) is 0 Å². The van der Waals surface area contributed by atoms with Crippen LogP contribution in [0.3, 0.4) is 0 Å². The summed E-state index contributed by atoms with van der Waals surface area (Å²) in [5.41, 5.74) is 0.214. The van der Waals surface area contributed by atoms with Crippen LogP contribution in [0.1, 0.15) is 45.4 Å². The number of carbonyl (C=O) groups excluding carboxylic acids is 1. The summed E-state index contributed by atoms with van der Waals surface area (Å²) in [6, 6.07) is 6.53. The third-order valence-electron chi connectivity index (χ3n) is 3.81. The standard InChI is InChI=1S/C18H22F3N3OS/c1-3-4-5-8-12(2)22-15(25)11-26-16-13-9-6-7-10-14(13)23-17(24-16)18(19,20)21/h6-7,9-10,12H,3-5,8,11H2,1-2H3,(H,22,25). The predicted octanol–water partition coefficient (Wildman–Crippen LogP) is 4.83. The Labute approximate surface area is 155 Å². The number of unbranched alkanes of at least 4 members (excludes halogenated alkanes) is 2. The molecule has 1 N–H and O–H groups in total. The Morgan fingerprint density at radius 3 is 2.65 bits per heavy atom. The number of hydrogen-bond donors (Lipinski definition) is 1. The van der Waals surface area contributed by atoms with Crippen LogP contribution in [0.25, 0.3) is 10.9 Å². The molecule has 1 heterocycles. The summed E-state index contributed by atoms with van der Waals surface area (Å²) in [6.45, 7) is 4.04. The van der Waals surface area contributed by atoms with Crippen LogP contribution in [0, 0.1) is 0 Å². The van der Waals surface area contributed by atoms with Crippen molar-refractivity contribution >= 4 is 28.6 Å². The molecular formula is C18H22F3N3OS. The van der Waals surface area contributed by atoms with Crippen molar-refractivity contribution in [1.29, 1.82) is 0 Å². The molecule has 26 heavy (non-hydrogen) atoms. The van der Waals surface area contributed by atoms with E-state index in [1.165, 1.54) is 6.07 Å². The molecule has 2 rings (SSSR count). The maximum absolute atomic E-state index is 13.0. The highest BCUT2D eigenvalue weighted by Crippen LogP contribution is 2.31. The maximum Gasteiger partial charge on any atom is 0.451 e. The van der Waals surface area contributed by atoms with Crippen LogP contribution in [-0.2, 0) is 11.0 Å². The van der Waals surface area contributed by atoms with E-state index in [4.69, 9.17) is 0 Å². The summed E-state index contributed by atoms with van der Waals surface area (Å²) in [6.07, 6.45) is -0.480. The zero-order chi connectivity index (χ0) is 19.2. The topological polar surface area (TPSA) is 54.9 Å². The van der Waals surface area contributed by atoms with E-state index < -0.39 is 12.0 Å². The molecule has 1 aromatic carbocycles. The zero-order valence-electron chi connectivity index (χ0n) is 14.8. The fourth-order valence-electron chi connectivity index (χ4n) is 2.51. The number of nitrogens with one attached hydrogen (secondary N) is 1. The fourth-order valence-corrected chi connectivity index (χ4v) is 3.34. The zero-order valence-corrected chi connectivity index (χ0v) is 15.6. The predicted molar refractivity (Wildman–Crippen MR) is 97.0 cm³/mol. The molecule has 142 valence electrons. The monoisotopic (exact) mass is 385 g/mol. The Morgan fingerprint density at radius 2 is 1.96 bits per heavy atom. The van der Waals surface area contributed by atoms with E-state index in [1.54, 1.807) is 18.2 Å². The number of rotatable bonds is 8. The van der Waals surface area contributed by atoms with Crippen molar-refractivity contribution in [3.05, 3.63) is 30.1 Å². The van der Waals surface area contributed by atoms with Gasteiger partial charge in [0.25, 0.3) is 0 Å². The van der Waals surface area contributed by atoms with Crippen LogP contribution in [-0.4, -0.2) is 27.7 Å². The molecule has 0 saturated carbocycles. The maximum atomic E-state index is 13.0. The lowest BCUT2D eigenvalue weighted by Gasteiger charge is -2.14. The molecule has 1 unspecified atom stereocenters. The number of alkyl halides is 3. The van der Waals surface area contributed by atoms with Crippen molar-refractivity contribution in [1.82, 2.24) is 15.3 Å². The molecule has 4 nitrogen and oxygen atoms in total. The number of para-hydroxylation sites is 1. The smallest absolute Gasteiger partial charge is 0.353 e. The minimum absolute atomic E-state index is 0.0103. The second kappa shape index (κ2) is 9.21. The van der Waals surface area contributed by atoms with Crippen LogP contribution < -0.4 is 5.32 Å².